The summed E-state index contributed by atoms with van der Waals surface area (Å²) in [6.45, 7) is 0. The van der Waals surface area contributed by atoms with Crippen LogP contribution in [0.5, 0.6) is 0 Å². The average Bonchev–Trinajstić information content (AvgIpc) is 3.25. The van der Waals surface area contributed by atoms with Gasteiger partial charge in [-0.05, 0) is 85.4 Å². The number of Topliss-reactive ketones (excluding diaryl/α,β-unsaturated/α-hetero) is 1. The van der Waals surface area contributed by atoms with Gasteiger partial charge in [0.05, 0.1) is 17.3 Å². The van der Waals surface area contributed by atoms with Gasteiger partial charge >= 0.3 is 0 Å². The van der Waals surface area contributed by atoms with Crippen molar-refractivity contribution in [1.82, 2.24) is 4.98 Å². The lowest BCUT2D eigenvalue weighted by Gasteiger charge is -2.35. The smallest absolute Gasteiger partial charge is 0.150 e. The number of halogens is 3. The van der Waals surface area contributed by atoms with Crippen LogP contribution in [0.25, 0.3) is 22.2 Å². The molecule has 3 nitrogen and oxygen atoms in total. The zero-order valence-electron chi connectivity index (χ0n) is 17.0. The van der Waals surface area contributed by atoms with Crippen LogP contribution in [0.2, 0.25) is 0 Å². The molecule has 2 saturated carbocycles. The molecule has 2 fully saturated rings. The number of ketones is 1. The topological polar surface area (TPSA) is 53.1 Å². The minimum Gasteiger partial charge on any atom is -0.393 e. The van der Waals surface area contributed by atoms with E-state index >= 15 is 0 Å². The number of hydrogen-bond acceptors (Lipinski definition) is 2. The second-order valence-corrected chi connectivity index (χ2v) is 9.10. The third-order valence-corrected chi connectivity index (χ3v) is 7.00. The maximum Gasteiger partial charge on any atom is 0.150 e. The number of aliphatic hydroxyl groups excluding tert-OH is 1. The van der Waals surface area contributed by atoms with Crippen LogP contribution in [0.3, 0.4) is 0 Å². The number of aromatic amines is 1. The van der Waals surface area contributed by atoms with Gasteiger partial charge in [-0.25, -0.2) is 13.2 Å². The van der Waals surface area contributed by atoms with E-state index < -0.39 is 11.6 Å². The Balaban J connectivity index is 1.43. The van der Waals surface area contributed by atoms with E-state index in [-0.39, 0.29) is 41.0 Å². The molecule has 0 aliphatic heterocycles. The third kappa shape index (κ3) is 3.78. The van der Waals surface area contributed by atoms with Crippen LogP contribution in [-0.4, -0.2) is 22.0 Å². The van der Waals surface area contributed by atoms with E-state index in [0.717, 1.165) is 24.5 Å². The average molecular weight is 427 g/mol. The molecule has 0 saturated heterocycles. The van der Waals surface area contributed by atoms with Crippen molar-refractivity contribution in [1.29, 1.82) is 0 Å². The van der Waals surface area contributed by atoms with E-state index in [2.05, 4.69) is 4.98 Å². The maximum absolute atomic E-state index is 14.5. The predicted molar refractivity (Wildman–Crippen MR) is 112 cm³/mol. The van der Waals surface area contributed by atoms with Crippen LogP contribution < -0.4 is 0 Å². The van der Waals surface area contributed by atoms with Gasteiger partial charge in [-0.1, -0.05) is 0 Å². The first-order valence-corrected chi connectivity index (χ1v) is 10.9. The highest BCUT2D eigenvalue weighted by atomic mass is 19.1. The molecule has 162 valence electrons. The van der Waals surface area contributed by atoms with Crippen LogP contribution >= 0.6 is 0 Å². The van der Waals surface area contributed by atoms with Crippen molar-refractivity contribution in [3.05, 3.63) is 59.4 Å². The number of nitrogens with one attached hydrogen (secondary N) is 1. The van der Waals surface area contributed by atoms with Crippen molar-refractivity contribution in [2.24, 2.45) is 11.8 Å². The number of benzene rings is 2. The molecule has 2 N–H and O–H groups in total. The Kier molecular flexibility index (Phi) is 5.13. The number of carbonyl (C=O) groups excluding carboxylic acids is 1. The number of aromatic nitrogens is 1. The number of hydrogen-bond donors (Lipinski definition) is 2. The minimum atomic E-state index is -0.670. The van der Waals surface area contributed by atoms with Crippen molar-refractivity contribution in [2.75, 3.05) is 0 Å². The zero-order valence-corrected chi connectivity index (χ0v) is 17.0. The predicted octanol–water partition coefficient (Wildman–Crippen LogP) is 5.87. The quantitative estimate of drug-likeness (QED) is 0.535. The number of aliphatic hydroxyl groups is 1. The highest BCUT2D eigenvalue weighted by Crippen LogP contribution is 2.49. The summed E-state index contributed by atoms with van der Waals surface area (Å²) >= 11 is 0. The molecule has 0 amide bonds. The molecule has 1 heterocycles. The van der Waals surface area contributed by atoms with Gasteiger partial charge in [-0.2, -0.15) is 0 Å². The van der Waals surface area contributed by atoms with Crippen LogP contribution in [0.4, 0.5) is 13.2 Å². The SMILES string of the molecule is O=C(C[C@@H]1CC[C@H](O)C1)C1CC(c2c(-c3ccc(F)cc3)[nH]c3c(F)cc(F)cc23)C1. The summed E-state index contributed by atoms with van der Waals surface area (Å²) in [5, 5.41) is 10.2. The van der Waals surface area contributed by atoms with Gasteiger partial charge in [0.15, 0.2) is 0 Å². The molecule has 1 aromatic heterocycles. The normalized spacial score (nSPS) is 25.7. The molecular formula is C25H24F3NO2. The van der Waals surface area contributed by atoms with Crippen molar-refractivity contribution < 1.29 is 23.1 Å². The minimum absolute atomic E-state index is 0.00174. The highest BCUT2D eigenvalue weighted by Gasteiger charge is 2.39. The van der Waals surface area contributed by atoms with Crippen molar-refractivity contribution in [2.45, 2.75) is 50.5 Å². The summed E-state index contributed by atoms with van der Waals surface area (Å²) in [5.74, 6) is -1.28. The van der Waals surface area contributed by atoms with Crippen molar-refractivity contribution in [3.8, 4) is 11.3 Å². The fourth-order valence-corrected chi connectivity index (χ4v) is 5.31. The molecule has 31 heavy (non-hydrogen) atoms. The van der Waals surface area contributed by atoms with Crippen LogP contribution in [0.15, 0.2) is 36.4 Å². The van der Waals surface area contributed by atoms with Gasteiger partial charge in [0, 0.05) is 23.8 Å². The second kappa shape index (κ2) is 7.83. The van der Waals surface area contributed by atoms with Gasteiger partial charge in [0.2, 0.25) is 0 Å². The van der Waals surface area contributed by atoms with Gasteiger partial charge in [-0.15, -0.1) is 0 Å². The first-order chi connectivity index (χ1) is 14.9. The molecule has 6 heteroatoms. The number of carbonyl (C=O) groups is 1. The molecular weight excluding hydrogens is 403 g/mol. The first-order valence-electron chi connectivity index (χ1n) is 10.9. The summed E-state index contributed by atoms with van der Waals surface area (Å²) < 4.78 is 41.9. The summed E-state index contributed by atoms with van der Waals surface area (Å²) in [5.41, 5.74) is 2.36. The van der Waals surface area contributed by atoms with Gasteiger partial charge in [0.25, 0.3) is 0 Å². The Hall–Kier alpha value is -2.60. The Morgan fingerprint density at radius 2 is 1.74 bits per heavy atom. The van der Waals surface area contributed by atoms with Crippen LogP contribution in [-0.2, 0) is 4.79 Å². The maximum atomic E-state index is 14.5. The Labute approximate surface area is 178 Å². The molecule has 3 aromatic rings. The van der Waals surface area contributed by atoms with E-state index in [1.807, 2.05) is 0 Å². The number of rotatable bonds is 5. The third-order valence-electron chi connectivity index (χ3n) is 7.00. The molecule has 0 radical (unpaired) electrons. The summed E-state index contributed by atoms with van der Waals surface area (Å²) in [6.07, 6.45) is 3.81. The molecule has 0 bridgehead atoms. The number of fused-ring (bicyclic) bond motifs is 1. The lowest BCUT2D eigenvalue weighted by atomic mass is 9.67. The lowest BCUT2D eigenvalue weighted by molar-refractivity contribution is -0.126. The fraction of sp³-hybridized carbons (Fsp3) is 0.400. The van der Waals surface area contributed by atoms with E-state index in [0.29, 0.717) is 42.3 Å². The lowest BCUT2D eigenvalue weighted by Crippen LogP contribution is -2.30. The van der Waals surface area contributed by atoms with Crippen LogP contribution in [0.1, 0.15) is 50.0 Å². The Morgan fingerprint density at radius 3 is 2.42 bits per heavy atom. The second-order valence-electron chi connectivity index (χ2n) is 9.10. The zero-order chi connectivity index (χ0) is 21.7. The molecule has 0 unspecified atom stereocenters. The summed E-state index contributed by atoms with van der Waals surface area (Å²) in [7, 11) is 0. The molecule has 2 aliphatic carbocycles. The van der Waals surface area contributed by atoms with Gasteiger partial charge < -0.3 is 10.1 Å². The number of H-pyrrole nitrogens is 1. The highest BCUT2D eigenvalue weighted by molar-refractivity contribution is 5.92. The van der Waals surface area contributed by atoms with Crippen molar-refractivity contribution >= 4 is 16.7 Å². The molecule has 5 rings (SSSR count). The van der Waals surface area contributed by atoms with Crippen molar-refractivity contribution in [3.63, 3.8) is 0 Å². The van der Waals surface area contributed by atoms with E-state index in [9.17, 15) is 23.1 Å². The van der Waals surface area contributed by atoms with Crippen LogP contribution in [0, 0.1) is 29.3 Å². The largest absolute Gasteiger partial charge is 0.393 e. The fourth-order valence-electron chi connectivity index (χ4n) is 5.31. The summed E-state index contributed by atoms with van der Waals surface area (Å²) in [4.78, 5) is 15.8. The Morgan fingerprint density at radius 1 is 1.00 bits per heavy atom. The van der Waals surface area contributed by atoms with E-state index in [4.69, 9.17) is 0 Å². The standard InChI is InChI=1S/C25H24F3NO2/c26-17-4-2-14(3-5-17)24-23(20-11-18(27)12-21(28)25(20)29-24)16-9-15(10-16)22(31)8-13-1-6-19(30)7-13/h2-5,11-13,15-16,19,29-30H,1,6-10H2/t13-,15?,16?,19+/m1/s1. The Bertz CT molecular complexity index is 1130. The van der Waals surface area contributed by atoms with Gasteiger partial charge in [0.1, 0.15) is 23.2 Å². The molecule has 0 spiro atoms. The van der Waals surface area contributed by atoms with Gasteiger partial charge in [-0.3, -0.25) is 4.79 Å². The monoisotopic (exact) mass is 427 g/mol. The first kappa shape index (κ1) is 20.3. The van der Waals surface area contributed by atoms with E-state index in [1.54, 1.807) is 12.1 Å². The van der Waals surface area contributed by atoms with E-state index in [1.165, 1.54) is 18.2 Å². The molecule has 2 atom stereocenters. The molecule has 2 aliphatic rings. The molecule has 2 aromatic carbocycles. The summed E-state index contributed by atoms with van der Waals surface area (Å²) in [6, 6.07) is 8.08.